The lowest BCUT2D eigenvalue weighted by Crippen LogP contribution is -2.63. The molecule has 0 saturated heterocycles. The van der Waals surface area contributed by atoms with Gasteiger partial charge < -0.3 is 4.42 Å². The molecule has 0 fully saturated rings. The van der Waals surface area contributed by atoms with Crippen LogP contribution < -0.4 is 4.57 Å². The Kier molecular flexibility index (Phi) is 3.88. The van der Waals surface area contributed by atoms with E-state index in [0.717, 1.165) is 11.3 Å². The van der Waals surface area contributed by atoms with Crippen molar-refractivity contribution in [1.82, 2.24) is 0 Å². The van der Waals surface area contributed by atoms with Crippen molar-refractivity contribution in [3.05, 3.63) is 77.5 Å². The molecule has 166 valence electrons. The zero-order valence-electron chi connectivity index (χ0n) is 20.7. The van der Waals surface area contributed by atoms with E-state index in [4.69, 9.17) is 4.42 Å². The monoisotopic (exact) mass is 434 g/mol. The third kappa shape index (κ3) is 2.52. The fourth-order valence-electron chi connectivity index (χ4n) is 5.77. The van der Waals surface area contributed by atoms with E-state index in [-0.39, 0.29) is 16.4 Å². The van der Waals surface area contributed by atoms with E-state index in [1.54, 1.807) is 0 Å². The number of benzene rings is 2. The van der Waals surface area contributed by atoms with E-state index in [9.17, 15) is 0 Å². The van der Waals surface area contributed by atoms with E-state index < -0.39 is 0 Å². The number of allylic oxidation sites excluding steroid dienone is 1. The van der Waals surface area contributed by atoms with Gasteiger partial charge in [0, 0.05) is 31.0 Å². The average Bonchev–Trinajstić information content (AvgIpc) is 3.13. The molecule has 6 rings (SSSR count). The quantitative estimate of drug-likeness (QED) is 0.256. The molecule has 0 bridgehead atoms. The van der Waals surface area contributed by atoms with Gasteiger partial charge in [0.2, 0.25) is 5.58 Å². The molecule has 1 aliphatic heterocycles. The predicted molar refractivity (Wildman–Crippen MR) is 137 cm³/mol. The lowest BCUT2D eigenvalue weighted by atomic mass is 9.63. The minimum Gasteiger partial charge on any atom is -0.448 e. The van der Waals surface area contributed by atoms with E-state index in [2.05, 4.69) is 120 Å². The Morgan fingerprint density at radius 2 is 1.42 bits per heavy atom. The highest BCUT2D eigenvalue weighted by Crippen LogP contribution is 2.56. The molecule has 4 aromatic rings. The molecule has 0 unspecified atom stereocenters. The van der Waals surface area contributed by atoms with E-state index in [1.807, 2.05) is 0 Å². The van der Waals surface area contributed by atoms with Crippen molar-refractivity contribution in [3.8, 4) is 22.5 Å². The molecular formula is C31H32NO+. The molecule has 2 nitrogen and oxygen atoms in total. The first-order chi connectivity index (χ1) is 15.5. The lowest BCUT2D eigenvalue weighted by molar-refractivity contribution is -0.749. The number of hydrogen-bond donors (Lipinski definition) is 0. The molecule has 0 atom stereocenters. The summed E-state index contributed by atoms with van der Waals surface area (Å²) in [4.78, 5) is 0. The van der Waals surface area contributed by atoms with Gasteiger partial charge >= 0.3 is 0 Å². The summed E-state index contributed by atoms with van der Waals surface area (Å²) in [5.74, 6) is 0.996. The third-order valence-corrected chi connectivity index (χ3v) is 8.36. The van der Waals surface area contributed by atoms with Crippen LogP contribution in [0.4, 0.5) is 0 Å². The Morgan fingerprint density at radius 1 is 0.788 bits per heavy atom. The molecular weight excluding hydrogens is 402 g/mol. The van der Waals surface area contributed by atoms with Crippen LogP contribution in [-0.2, 0) is 11.0 Å². The SMILES string of the molecule is CC(C)(C)c1cc[n+]2c3c4c(oc13)-c1ccccc1-c1ccccc1/C=C\4C(C)(C)C2(C)C. The number of furan rings is 1. The number of aromatic nitrogens is 1. The second kappa shape index (κ2) is 6.26. The first-order valence-electron chi connectivity index (χ1n) is 12.0. The van der Waals surface area contributed by atoms with Crippen LogP contribution in [0.5, 0.6) is 0 Å². The highest BCUT2D eigenvalue weighted by molar-refractivity contribution is 6.06. The van der Waals surface area contributed by atoms with Crippen LogP contribution in [0.1, 0.15) is 65.2 Å². The minimum atomic E-state index is -0.130. The standard InChI is InChI=1S/C31H32NO/c1-29(2,3)23-16-17-32-26-25-24(30(4,5)31(32,6)7)18-19-12-8-9-13-20(19)21-14-10-11-15-22(21)27(25)33-28(23)26/h8-18H,1-7H3/q+1/b19-18?,21-20?,24-18+,27-22?. The zero-order valence-corrected chi connectivity index (χ0v) is 20.7. The van der Waals surface area contributed by atoms with Gasteiger partial charge in [-0.1, -0.05) is 69.3 Å². The van der Waals surface area contributed by atoms with Crippen molar-refractivity contribution in [2.24, 2.45) is 5.41 Å². The Bertz CT molecular complexity index is 1490. The Labute approximate surface area is 196 Å². The third-order valence-electron chi connectivity index (χ3n) is 8.36. The fraction of sp³-hybridized carbons (Fsp3) is 0.323. The van der Waals surface area contributed by atoms with Gasteiger partial charge in [-0.2, -0.15) is 4.57 Å². The Hall–Kier alpha value is -3.13. The zero-order chi connectivity index (χ0) is 23.3. The smallest absolute Gasteiger partial charge is 0.260 e. The first kappa shape index (κ1) is 20.5. The van der Waals surface area contributed by atoms with Gasteiger partial charge in [0.15, 0.2) is 11.7 Å². The number of nitrogens with zero attached hydrogens (tertiary/aromatic N) is 1. The molecule has 2 aliphatic rings. The summed E-state index contributed by atoms with van der Waals surface area (Å²) in [7, 11) is 0. The Morgan fingerprint density at radius 3 is 2.12 bits per heavy atom. The van der Waals surface area contributed by atoms with Crippen LogP contribution in [-0.4, -0.2) is 0 Å². The maximum atomic E-state index is 6.94. The van der Waals surface area contributed by atoms with Gasteiger partial charge in [0.1, 0.15) is 5.76 Å². The number of pyridine rings is 1. The summed E-state index contributed by atoms with van der Waals surface area (Å²) in [6.07, 6.45) is 4.71. The van der Waals surface area contributed by atoms with E-state index in [1.165, 1.54) is 44.5 Å². The molecule has 0 amide bonds. The summed E-state index contributed by atoms with van der Waals surface area (Å²) in [6.45, 7) is 16.3. The highest BCUT2D eigenvalue weighted by atomic mass is 16.3. The maximum Gasteiger partial charge on any atom is 0.260 e. The van der Waals surface area contributed by atoms with Crippen molar-refractivity contribution >= 4 is 22.7 Å². The van der Waals surface area contributed by atoms with Gasteiger partial charge in [-0.15, -0.1) is 0 Å². The molecule has 0 N–H and O–H groups in total. The van der Waals surface area contributed by atoms with Gasteiger partial charge in [-0.3, -0.25) is 0 Å². The van der Waals surface area contributed by atoms with Crippen molar-refractivity contribution in [3.63, 3.8) is 0 Å². The topological polar surface area (TPSA) is 17.0 Å². The highest BCUT2D eigenvalue weighted by Gasteiger charge is 2.55. The van der Waals surface area contributed by atoms with Crippen molar-refractivity contribution in [1.29, 1.82) is 0 Å². The number of hydrogen-bond acceptors (Lipinski definition) is 1. The molecule has 0 saturated carbocycles. The normalized spacial score (nSPS) is 19.2. The van der Waals surface area contributed by atoms with Crippen LogP contribution in [0, 0.1) is 5.41 Å². The summed E-state index contributed by atoms with van der Waals surface area (Å²) >= 11 is 0. The molecule has 0 radical (unpaired) electrons. The number of fused-ring (bicyclic) bond motifs is 4. The van der Waals surface area contributed by atoms with E-state index >= 15 is 0 Å². The summed E-state index contributed by atoms with van der Waals surface area (Å²) in [5, 5.41) is 0. The molecule has 2 aromatic heterocycles. The molecule has 3 heterocycles. The Balaban J connectivity index is 1.89. The summed E-state index contributed by atoms with van der Waals surface area (Å²) < 4.78 is 9.41. The van der Waals surface area contributed by atoms with Crippen LogP contribution in [0.25, 0.3) is 45.2 Å². The summed E-state index contributed by atoms with van der Waals surface area (Å²) in [5.41, 5.74) is 10.8. The molecule has 33 heavy (non-hydrogen) atoms. The minimum absolute atomic E-state index is 0.0187. The van der Waals surface area contributed by atoms with Crippen molar-refractivity contribution in [2.45, 2.75) is 59.4 Å². The average molecular weight is 435 g/mol. The van der Waals surface area contributed by atoms with E-state index in [0.29, 0.717) is 0 Å². The van der Waals surface area contributed by atoms with Gasteiger partial charge in [-0.05, 0) is 47.6 Å². The van der Waals surface area contributed by atoms with Crippen LogP contribution in [0.2, 0.25) is 0 Å². The van der Waals surface area contributed by atoms with Crippen LogP contribution in [0.3, 0.4) is 0 Å². The second-order valence-electron chi connectivity index (χ2n) is 11.7. The largest absolute Gasteiger partial charge is 0.448 e. The molecule has 2 aromatic carbocycles. The van der Waals surface area contributed by atoms with Gasteiger partial charge in [0.25, 0.3) is 5.52 Å². The van der Waals surface area contributed by atoms with Crippen molar-refractivity contribution in [2.75, 3.05) is 0 Å². The second-order valence-corrected chi connectivity index (χ2v) is 11.7. The molecule has 2 heteroatoms. The summed E-state index contributed by atoms with van der Waals surface area (Å²) in [6, 6.07) is 19.7. The molecule has 1 aliphatic carbocycles. The lowest BCUT2D eigenvalue weighted by Gasteiger charge is -2.42. The number of rotatable bonds is 0. The first-order valence-corrected chi connectivity index (χ1v) is 12.0. The van der Waals surface area contributed by atoms with Crippen LogP contribution >= 0.6 is 0 Å². The predicted octanol–water partition coefficient (Wildman–Crippen LogP) is 7.98. The van der Waals surface area contributed by atoms with Crippen molar-refractivity contribution < 1.29 is 8.98 Å². The van der Waals surface area contributed by atoms with Gasteiger partial charge in [0.05, 0.1) is 11.0 Å². The van der Waals surface area contributed by atoms with Crippen LogP contribution in [0.15, 0.2) is 65.2 Å². The fourth-order valence-corrected chi connectivity index (χ4v) is 5.77. The molecule has 0 spiro atoms. The van der Waals surface area contributed by atoms with Gasteiger partial charge in [-0.25, -0.2) is 0 Å². The maximum absolute atomic E-state index is 6.94.